The van der Waals surface area contributed by atoms with Crippen LogP contribution in [0.3, 0.4) is 0 Å². The van der Waals surface area contributed by atoms with Crippen LogP contribution in [0.1, 0.15) is 36.1 Å². The Morgan fingerprint density at radius 3 is 3.00 bits per heavy atom. The fourth-order valence-electron chi connectivity index (χ4n) is 1.77. The van der Waals surface area contributed by atoms with Gasteiger partial charge in [-0.15, -0.1) is 0 Å². The molecule has 2 rings (SSSR count). The van der Waals surface area contributed by atoms with Crippen molar-refractivity contribution in [3.05, 3.63) is 23.7 Å². The molecule has 1 aromatic heterocycles. The van der Waals surface area contributed by atoms with Crippen molar-refractivity contribution in [2.24, 2.45) is 5.92 Å². The average Bonchev–Trinajstić information content (AvgIpc) is 2.81. The Kier molecular flexibility index (Phi) is 2.77. The number of rotatable bonds is 5. The summed E-state index contributed by atoms with van der Waals surface area (Å²) in [5.74, 6) is 0.474. The zero-order valence-electron chi connectivity index (χ0n) is 8.69. The van der Waals surface area contributed by atoms with Gasteiger partial charge in [0.05, 0.1) is 6.54 Å². The summed E-state index contributed by atoms with van der Waals surface area (Å²) in [6.07, 6.45) is 2.43. The van der Waals surface area contributed by atoms with Gasteiger partial charge in [0.25, 0.3) is 0 Å². The van der Waals surface area contributed by atoms with E-state index in [-0.39, 0.29) is 5.76 Å². The standard InChI is InChI=1S/C11H15NO3/c1-2-7-5-9(7)12-6-8-3-4-10(15-8)11(13)14/h3-4,7,9,12H,2,5-6H2,1H3,(H,13,14). The quantitative estimate of drug-likeness (QED) is 0.777. The van der Waals surface area contributed by atoms with E-state index in [0.29, 0.717) is 18.3 Å². The monoisotopic (exact) mass is 209 g/mol. The summed E-state index contributed by atoms with van der Waals surface area (Å²) in [6.45, 7) is 2.80. The van der Waals surface area contributed by atoms with Crippen molar-refractivity contribution in [1.82, 2.24) is 5.32 Å². The van der Waals surface area contributed by atoms with Gasteiger partial charge in [-0.1, -0.05) is 13.3 Å². The molecule has 1 aliphatic carbocycles. The minimum atomic E-state index is -1.01. The normalized spacial score (nSPS) is 24.1. The van der Waals surface area contributed by atoms with Gasteiger partial charge >= 0.3 is 5.97 Å². The Bertz CT molecular complexity index is 358. The molecule has 2 unspecified atom stereocenters. The van der Waals surface area contributed by atoms with Crippen LogP contribution in [0.25, 0.3) is 0 Å². The Morgan fingerprint density at radius 2 is 2.47 bits per heavy atom. The number of carboxylic acids is 1. The van der Waals surface area contributed by atoms with Crippen molar-refractivity contribution in [1.29, 1.82) is 0 Å². The lowest BCUT2D eigenvalue weighted by molar-refractivity contribution is 0.0660. The van der Waals surface area contributed by atoms with Gasteiger partial charge in [-0.25, -0.2) is 4.79 Å². The third-order valence-electron chi connectivity index (χ3n) is 2.86. The largest absolute Gasteiger partial charge is 0.475 e. The first-order valence-electron chi connectivity index (χ1n) is 5.26. The van der Waals surface area contributed by atoms with E-state index >= 15 is 0 Å². The number of carbonyl (C=O) groups is 1. The molecule has 1 fully saturated rings. The summed E-state index contributed by atoms with van der Waals surface area (Å²) < 4.78 is 5.13. The first-order valence-corrected chi connectivity index (χ1v) is 5.26. The summed E-state index contributed by atoms with van der Waals surface area (Å²) in [6, 6.07) is 3.79. The van der Waals surface area contributed by atoms with Crippen molar-refractivity contribution in [2.45, 2.75) is 32.4 Å². The van der Waals surface area contributed by atoms with Gasteiger partial charge in [0.1, 0.15) is 5.76 Å². The first-order chi connectivity index (χ1) is 7.20. The van der Waals surface area contributed by atoms with Crippen molar-refractivity contribution < 1.29 is 14.3 Å². The van der Waals surface area contributed by atoms with Gasteiger partial charge in [-0.2, -0.15) is 0 Å². The minimum Gasteiger partial charge on any atom is -0.475 e. The Hall–Kier alpha value is -1.29. The molecule has 0 aliphatic heterocycles. The van der Waals surface area contributed by atoms with Crippen molar-refractivity contribution in [3.63, 3.8) is 0 Å². The van der Waals surface area contributed by atoms with Crippen LogP contribution in [0.2, 0.25) is 0 Å². The lowest BCUT2D eigenvalue weighted by Crippen LogP contribution is -2.17. The van der Waals surface area contributed by atoms with E-state index in [0.717, 1.165) is 5.92 Å². The van der Waals surface area contributed by atoms with Gasteiger partial charge < -0.3 is 14.8 Å². The smallest absolute Gasteiger partial charge is 0.371 e. The molecule has 1 heterocycles. The van der Waals surface area contributed by atoms with Crippen molar-refractivity contribution >= 4 is 5.97 Å². The van der Waals surface area contributed by atoms with Crippen molar-refractivity contribution in [3.8, 4) is 0 Å². The summed E-state index contributed by atoms with van der Waals surface area (Å²) in [5.41, 5.74) is 0. The molecular formula is C11H15NO3. The average molecular weight is 209 g/mol. The number of furan rings is 1. The molecule has 0 spiro atoms. The van der Waals surface area contributed by atoms with E-state index in [2.05, 4.69) is 12.2 Å². The van der Waals surface area contributed by atoms with E-state index < -0.39 is 5.97 Å². The molecule has 0 amide bonds. The van der Waals surface area contributed by atoms with Gasteiger partial charge in [0.15, 0.2) is 0 Å². The predicted molar refractivity (Wildman–Crippen MR) is 54.7 cm³/mol. The molecule has 2 N–H and O–H groups in total. The number of carboxylic acid groups (broad SMARTS) is 1. The number of nitrogens with one attached hydrogen (secondary N) is 1. The third kappa shape index (κ3) is 2.39. The van der Waals surface area contributed by atoms with Crippen LogP contribution in [0.5, 0.6) is 0 Å². The molecule has 15 heavy (non-hydrogen) atoms. The molecule has 2 atom stereocenters. The lowest BCUT2D eigenvalue weighted by Gasteiger charge is -1.99. The Labute approximate surface area is 88.3 Å². The molecule has 0 saturated heterocycles. The zero-order valence-corrected chi connectivity index (χ0v) is 8.69. The molecule has 82 valence electrons. The maximum Gasteiger partial charge on any atom is 0.371 e. The summed E-state index contributed by atoms with van der Waals surface area (Å²) in [4.78, 5) is 10.5. The summed E-state index contributed by atoms with van der Waals surface area (Å²) in [5, 5.41) is 12.0. The van der Waals surface area contributed by atoms with Crippen LogP contribution in [0, 0.1) is 5.92 Å². The number of aromatic carboxylic acids is 1. The summed E-state index contributed by atoms with van der Waals surface area (Å²) >= 11 is 0. The number of hydrogen-bond acceptors (Lipinski definition) is 3. The van der Waals surface area contributed by atoms with Gasteiger partial charge in [-0.05, 0) is 24.5 Å². The molecule has 1 aromatic rings. The van der Waals surface area contributed by atoms with Crippen LogP contribution < -0.4 is 5.32 Å². The highest BCUT2D eigenvalue weighted by Crippen LogP contribution is 2.33. The van der Waals surface area contributed by atoms with Crippen LogP contribution in [-0.2, 0) is 6.54 Å². The van der Waals surface area contributed by atoms with Gasteiger partial charge in [0.2, 0.25) is 5.76 Å². The molecule has 0 radical (unpaired) electrons. The summed E-state index contributed by atoms with van der Waals surface area (Å²) in [7, 11) is 0. The van der Waals surface area contributed by atoms with E-state index in [1.54, 1.807) is 6.07 Å². The van der Waals surface area contributed by atoms with Gasteiger partial charge in [0, 0.05) is 6.04 Å². The highest BCUT2D eigenvalue weighted by Gasteiger charge is 2.34. The predicted octanol–water partition coefficient (Wildman–Crippen LogP) is 1.87. The van der Waals surface area contributed by atoms with Gasteiger partial charge in [-0.3, -0.25) is 0 Å². The molecule has 1 saturated carbocycles. The molecule has 0 bridgehead atoms. The highest BCUT2D eigenvalue weighted by atomic mass is 16.4. The topological polar surface area (TPSA) is 62.5 Å². The van der Waals surface area contributed by atoms with Crippen molar-refractivity contribution in [2.75, 3.05) is 0 Å². The molecule has 0 aromatic carbocycles. The van der Waals surface area contributed by atoms with E-state index in [1.807, 2.05) is 0 Å². The van der Waals surface area contributed by atoms with E-state index in [9.17, 15) is 4.79 Å². The molecular weight excluding hydrogens is 194 g/mol. The molecule has 4 heteroatoms. The lowest BCUT2D eigenvalue weighted by atomic mass is 10.3. The maximum atomic E-state index is 10.5. The van der Waals surface area contributed by atoms with E-state index in [1.165, 1.54) is 18.9 Å². The van der Waals surface area contributed by atoms with Crippen LogP contribution in [0.15, 0.2) is 16.5 Å². The van der Waals surface area contributed by atoms with Crippen LogP contribution in [-0.4, -0.2) is 17.1 Å². The minimum absolute atomic E-state index is 0.00892. The second-order valence-electron chi connectivity index (χ2n) is 3.96. The maximum absolute atomic E-state index is 10.5. The SMILES string of the molecule is CCC1CC1NCc1ccc(C(=O)O)o1. The second kappa shape index (κ2) is 4.06. The third-order valence-corrected chi connectivity index (χ3v) is 2.86. The van der Waals surface area contributed by atoms with Crippen LogP contribution in [0.4, 0.5) is 0 Å². The zero-order chi connectivity index (χ0) is 10.8. The fraction of sp³-hybridized carbons (Fsp3) is 0.545. The fourth-order valence-corrected chi connectivity index (χ4v) is 1.77. The molecule has 1 aliphatic rings. The Morgan fingerprint density at radius 1 is 1.67 bits per heavy atom. The molecule has 4 nitrogen and oxygen atoms in total. The van der Waals surface area contributed by atoms with Crippen LogP contribution >= 0.6 is 0 Å². The van der Waals surface area contributed by atoms with E-state index in [4.69, 9.17) is 9.52 Å². The second-order valence-corrected chi connectivity index (χ2v) is 3.96. The Balaban J connectivity index is 1.81. The number of hydrogen-bond donors (Lipinski definition) is 2. The highest BCUT2D eigenvalue weighted by molar-refractivity contribution is 5.84. The first kappa shape index (κ1) is 10.2.